The molecule has 2 aromatic carbocycles. The van der Waals surface area contributed by atoms with Crippen LogP contribution >= 0.6 is 0 Å². The van der Waals surface area contributed by atoms with Gasteiger partial charge < -0.3 is 4.74 Å². The van der Waals surface area contributed by atoms with Crippen LogP contribution in [0.3, 0.4) is 0 Å². The number of hydrogen-bond donors (Lipinski definition) is 0. The van der Waals surface area contributed by atoms with Crippen LogP contribution in [0.25, 0.3) is 0 Å². The van der Waals surface area contributed by atoms with Gasteiger partial charge in [-0.05, 0) is 37.8 Å². The summed E-state index contributed by atoms with van der Waals surface area (Å²) in [7, 11) is 0. The number of rotatable bonds is 8. The van der Waals surface area contributed by atoms with Gasteiger partial charge >= 0.3 is 0 Å². The fourth-order valence-corrected chi connectivity index (χ4v) is 3.10. The van der Waals surface area contributed by atoms with Gasteiger partial charge in [0, 0.05) is 11.8 Å². The van der Waals surface area contributed by atoms with E-state index in [9.17, 15) is 0 Å². The molecule has 0 aliphatic heterocycles. The second kappa shape index (κ2) is 8.88. The van der Waals surface area contributed by atoms with Gasteiger partial charge in [0.2, 0.25) is 0 Å². The molecule has 0 heterocycles. The van der Waals surface area contributed by atoms with Crippen molar-refractivity contribution >= 4 is 0 Å². The molecule has 2 aromatic rings. The van der Waals surface area contributed by atoms with Gasteiger partial charge in [0.1, 0.15) is 0 Å². The predicted molar refractivity (Wildman–Crippen MR) is 99.2 cm³/mol. The maximum absolute atomic E-state index is 6.13. The van der Waals surface area contributed by atoms with E-state index in [0.717, 1.165) is 26.1 Å². The Hall–Kier alpha value is -1.60. The van der Waals surface area contributed by atoms with Crippen LogP contribution in [0.4, 0.5) is 0 Å². The molecule has 0 amide bonds. The Morgan fingerprint density at radius 3 is 1.52 bits per heavy atom. The molecule has 1 heteroatoms. The van der Waals surface area contributed by atoms with Crippen molar-refractivity contribution in [3.63, 3.8) is 0 Å². The van der Waals surface area contributed by atoms with E-state index >= 15 is 0 Å². The van der Waals surface area contributed by atoms with Gasteiger partial charge in [0.25, 0.3) is 0 Å². The van der Waals surface area contributed by atoms with Gasteiger partial charge in [-0.25, -0.2) is 0 Å². The maximum Gasteiger partial charge on any atom is 0.0534 e. The first-order valence-corrected chi connectivity index (χ1v) is 8.84. The molecule has 2 rings (SSSR count). The number of ether oxygens (including phenoxy) is 1. The Morgan fingerprint density at radius 2 is 1.17 bits per heavy atom. The van der Waals surface area contributed by atoms with Gasteiger partial charge in [0.15, 0.2) is 0 Å². The molecule has 2 atom stereocenters. The molecular formula is C22H30O. The third-order valence-corrected chi connectivity index (χ3v) is 4.65. The molecule has 0 fully saturated rings. The van der Waals surface area contributed by atoms with Gasteiger partial charge in [0.05, 0.1) is 13.2 Å². The first-order chi connectivity index (χ1) is 11.1. The normalized spacial score (nSPS) is 13.7. The number of aryl methyl sites for hydroxylation is 2. The van der Waals surface area contributed by atoms with Gasteiger partial charge in [-0.1, -0.05) is 73.5 Å². The molecule has 0 saturated heterocycles. The second-order valence-electron chi connectivity index (χ2n) is 6.58. The topological polar surface area (TPSA) is 9.23 Å². The molecule has 0 aliphatic rings. The van der Waals surface area contributed by atoms with Gasteiger partial charge in [-0.2, -0.15) is 0 Å². The summed E-state index contributed by atoms with van der Waals surface area (Å²) in [5, 5.41) is 0. The van der Waals surface area contributed by atoms with E-state index in [1.165, 1.54) is 22.3 Å². The van der Waals surface area contributed by atoms with Crippen LogP contribution in [0.15, 0.2) is 48.5 Å². The lowest BCUT2D eigenvalue weighted by molar-refractivity contribution is 0.104. The van der Waals surface area contributed by atoms with Crippen LogP contribution < -0.4 is 0 Å². The fourth-order valence-electron chi connectivity index (χ4n) is 3.10. The lowest BCUT2D eigenvalue weighted by Crippen LogP contribution is -2.13. The minimum absolute atomic E-state index is 0.491. The van der Waals surface area contributed by atoms with Crippen molar-refractivity contribution in [1.29, 1.82) is 0 Å². The van der Waals surface area contributed by atoms with Crippen LogP contribution in [0, 0.1) is 13.8 Å². The smallest absolute Gasteiger partial charge is 0.0534 e. The van der Waals surface area contributed by atoms with Crippen LogP contribution in [-0.4, -0.2) is 13.2 Å². The summed E-state index contributed by atoms with van der Waals surface area (Å²) in [4.78, 5) is 0. The molecule has 2 unspecified atom stereocenters. The minimum atomic E-state index is 0.491. The molecule has 0 bridgehead atoms. The Kier molecular flexibility index (Phi) is 6.85. The van der Waals surface area contributed by atoms with Crippen molar-refractivity contribution in [1.82, 2.24) is 0 Å². The summed E-state index contributed by atoms with van der Waals surface area (Å²) in [5.74, 6) is 0.981. The van der Waals surface area contributed by atoms with E-state index < -0.39 is 0 Å². The highest BCUT2D eigenvalue weighted by atomic mass is 16.5. The standard InChI is InChI=1S/C22H30O/c1-5-19(21-11-7-9-17(3)13-21)15-23-16-20(6-2)22-12-8-10-18(4)14-22/h7-14,19-20H,5-6,15-16H2,1-4H3. The van der Waals surface area contributed by atoms with E-state index in [1.807, 2.05) is 0 Å². The summed E-state index contributed by atoms with van der Waals surface area (Å²) in [6.45, 7) is 10.4. The fraction of sp³-hybridized carbons (Fsp3) is 0.455. The Labute approximate surface area is 141 Å². The second-order valence-corrected chi connectivity index (χ2v) is 6.58. The quantitative estimate of drug-likeness (QED) is 0.580. The average molecular weight is 310 g/mol. The Morgan fingerprint density at radius 1 is 0.739 bits per heavy atom. The summed E-state index contributed by atoms with van der Waals surface area (Å²) < 4.78 is 6.13. The highest BCUT2D eigenvalue weighted by molar-refractivity contribution is 5.26. The summed E-state index contributed by atoms with van der Waals surface area (Å²) >= 11 is 0. The SMILES string of the molecule is CCC(COCC(CC)c1cccc(C)c1)c1cccc(C)c1. The predicted octanol–water partition coefficient (Wildman–Crippen LogP) is 6.01. The lowest BCUT2D eigenvalue weighted by Gasteiger charge is -2.20. The summed E-state index contributed by atoms with van der Waals surface area (Å²) in [6.07, 6.45) is 2.23. The third kappa shape index (κ3) is 5.21. The maximum atomic E-state index is 6.13. The van der Waals surface area contributed by atoms with E-state index in [1.54, 1.807) is 0 Å². The third-order valence-electron chi connectivity index (χ3n) is 4.65. The number of benzene rings is 2. The van der Waals surface area contributed by atoms with E-state index in [4.69, 9.17) is 4.74 Å². The van der Waals surface area contributed by atoms with E-state index in [-0.39, 0.29) is 0 Å². The monoisotopic (exact) mass is 310 g/mol. The van der Waals surface area contributed by atoms with Crippen molar-refractivity contribution < 1.29 is 4.74 Å². The van der Waals surface area contributed by atoms with E-state index in [2.05, 4.69) is 76.2 Å². The van der Waals surface area contributed by atoms with Crippen molar-refractivity contribution in [2.45, 2.75) is 52.4 Å². The lowest BCUT2D eigenvalue weighted by atomic mass is 9.95. The molecule has 0 spiro atoms. The van der Waals surface area contributed by atoms with Crippen molar-refractivity contribution in [3.8, 4) is 0 Å². The van der Waals surface area contributed by atoms with Gasteiger partial charge in [-0.15, -0.1) is 0 Å². The molecular weight excluding hydrogens is 280 g/mol. The largest absolute Gasteiger partial charge is 0.380 e. The summed E-state index contributed by atoms with van der Waals surface area (Å²) in [5.41, 5.74) is 5.45. The van der Waals surface area contributed by atoms with Crippen LogP contribution in [0.5, 0.6) is 0 Å². The molecule has 0 aromatic heterocycles. The van der Waals surface area contributed by atoms with Crippen molar-refractivity contribution in [3.05, 3.63) is 70.8 Å². The molecule has 1 nitrogen and oxygen atoms in total. The Bertz CT molecular complexity index is 549. The zero-order chi connectivity index (χ0) is 16.7. The zero-order valence-corrected chi connectivity index (χ0v) is 15.0. The highest BCUT2D eigenvalue weighted by Gasteiger charge is 2.13. The number of hydrogen-bond acceptors (Lipinski definition) is 1. The average Bonchev–Trinajstić information content (AvgIpc) is 2.55. The molecule has 0 radical (unpaired) electrons. The van der Waals surface area contributed by atoms with Crippen LogP contribution in [-0.2, 0) is 4.74 Å². The van der Waals surface area contributed by atoms with Crippen molar-refractivity contribution in [2.24, 2.45) is 0 Å². The molecule has 0 aliphatic carbocycles. The molecule has 124 valence electrons. The Balaban J connectivity index is 1.93. The minimum Gasteiger partial charge on any atom is -0.380 e. The first kappa shape index (κ1) is 17.7. The highest BCUT2D eigenvalue weighted by Crippen LogP contribution is 2.24. The van der Waals surface area contributed by atoms with Crippen molar-refractivity contribution in [2.75, 3.05) is 13.2 Å². The van der Waals surface area contributed by atoms with E-state index in [0.29, 0.717) is 11.8 Å². The molecule has 23 heavy (non-hydrogen) atoms. The molecule has 0 N–H and O–H groups in total. The van der Waals surface area contributed by atoms with Crippen LogP contribution in [0.2, 0.25) is 0 Å². The molecule has 0 saturated carbocycles. The first-order valence-electron chi connectivity index (χ1n) is 8.84. The zero-order valence-electron chi connectivity index (χ0n) is 15.0. The van der Waals surface area contributed by atoms with Gasteiger partial charge in [-0.3, -0.25) is 0 Å². The summed E-state index contributed by atoms with van der Waals surface area (Å²) in [6, 6.07) is 17.6. The van der Waals surface area contributed by atoms with Crippen LogP contribution in [0.1, 0.15) is 60.8 Å².